The Labute approximate surface area is 420 Å². The standard InChI is InChI=1S/C23H24O18.6Y/c1-12(2)38-21-17(34-8-26)13(3-4-24)16(15(40-21)6-33-23(30)31)41-22-20(37-11-29)19(36-10-28)18(35-9-27)14(39-22)5-32-7-25;;;;;;/h12-22H,3,5-6H2,1-2H3,(H,30,31);;;;;;/q-6;;;;;;/t13-,14+,15+,16-,17+,18+,19-,20+,21?,22+;;;;;;/m0....../s1. The topological polar surface area (TPSA) is 232 Å². The zero-order valence-electron chi connectivity index (χ0n) is 24.8. The minimum Gasteiger partial charge on any atom is -0.651 e. The molecule has 2 aliphatic heterocycles. The summed E-state index contributed by atoms with van der Waals surface area (Å²) in [5.41, 5.74) is 0. The first-order chi connectivity index (χ1) is 19.8. The van der Waals surface area contributed by atoms with E-state index in [1.807, 2.05) is 0 Å². The first-order valence-corrected chi connectivity index (χ1v) is 11.7. The Hall–Kier alpha value is 2.75. The summed E-state index contributed by atoms with van der Waals surface area (Å²) in [6, 6.07) is 0. The molecule has 0 amide bonds. The Morgan fingerprint density at radius 3 is 1.64 bits per heavy atom. The summed E-state index contributed by atoms with van der Waals surface area (Å²) < 4.78 is 51.7. The van der Waals surface area contributed by atoms with Crippen LogP contribution in [-0.2, 0) is 272 Å². The predicted molar refractivity (Wildman–Crippen MR) is 120 cm³/mol. The molecule has 1 unspecified atom stereocenters. The third-order valence-corrected chi connectivity index (χ3v) is 5.81. The van der Waals surface area contributed by atoms with Gasteiger partial charge in [-0.25, -0.2) is 4.79 Å². The van der Waals surface area contributed by atoms with E-state index in [1.165, 1.54) is 6.47 Å². The van der Waals surface area contributed by atoms with E-state index in [-0.39, 0.29) is 196 Å². The second kappa shape index (κ2) is 33.3. The minimum atomic E-state index is -1.82. The fourth-order valence-electron chi connectivity index (χ4n) is 4.33. The molecule has 18 nitrogen and oxygen atoms in total. The van der Waals surface area contributed by atoms with E-state index in [0.717, 1.165) is 25.9 Å². The van der Waals surface area contributed by atoms with Crippen LogP contribution in [-0.4, -0.2) is 125 Å². The SMILES string of the molecule is CC(C)OC1O[C@H](COC(=O)O)[C@@H](O[C@H]2O[C@H](CO[C-]=O)[C@@H](O[C-]=O)[C@H](O[C-]=O)[C@H]2O[C-]=O)[C@H](C[C-]=O)[C@H]1O[C-]=O.[Y].[Y].[Y].[Y].[Y].[Y]. The van der Waals surface area contributed by atoms with Crippen molar-refractivity contribution in [3.63, 3.8) is 0 Å². The van der Waals surface area contributed by atoms with Gasteiger partial charge in [0.15, 0.2) is 18.7 Å². The van der Waals surface area contributed by atoms with Gasteiger partial charge in [0.25, 0.3) is 0 Å². The van der Waals surface area contributed by atoms with Crippen molar-refractivity contribution in [1.82, 2.24) is 0 Å². The second-order valence-electron chi connectivity index (χ2n) is 8.52. The molecule has 2 heterocycles. The van der Waals surface area contributed by atoms with E-state index in [1.54, 1.807) is 20.1 Å². The summed E-state index contributed by atoms with van der Waals surface area (Å²) in [5.74, 6) is -1.20. The van der Waals surface area contributed by atoms with Crippen molar-refractivity contribution in [2.24, 2.45) is 5.92 Å². The summed E-state index contributed by atoms with van der Waals surface area (Å²) in [4.78, 5) is 77.9. The van der Waals surface area contributed by atoms with Crippen LogP contribution in [0.2, 0.25) is 0 Å². The number of carboxylic acid groups (broad SMARTS) is 1. The number of carbonyl (C=O) groups is 1. The average molecular weight is 1120 g/mol. The maximum Gasteiger partial charge on any atom is 0.505 e. The van der Waals surface area contributed by atoms with Gasteiger partial charge in [-0.15, -0.1) is 6.42 Å². The number of ether oxygens (including phenoxy) is 10. The molecule has 2 rings (SSSR count). The van der Waals surface area contributed by atoms with Gasteiger partial charge in [-0.1, -0.05) is 32.4 Å². The molecule has 2 aliphatic rings. The second-order valence-corrected chi connectivity index (χ2v) is 8.52. The molecule has 0 bridgehead atoms. The quantitative estimate of drug-likeness (QED) is 0.0833. The summed E-state index contributed by atoms with van der Waals surface area (Å²) in [6.07, 6.45) is -15.1. The molecule has 6 radical (unpaired) electrons. The largest absolute Gasteiger partial charge is 0.651 e. The van der Waals surface area contributed by atoms with E-state index in [0.29, 0.717) is 0 Å². The monoisotopic (exact) mass is 1120 g/mol. The molecule has 0 aromatic heterocycles. The predicted octanol–water partition coefficient (Wildman–Crippen LogP) is -2.06. The minimum absolute atomic E-state index is 0. The number of rotatable bonds is 19. The van der Waals surface area contributed by atoms with Crippen molar-refractivity contribution in [2.75, 3.05) is 13.2 Å². The van der Waals surface area contributed by atoms with Gasteiger partial charge >= 0.3 is 6.16 Å². The summed E-state index contributed by atoms with van der Waals surface area (Å²) in [6.45, 7) is 7.48. The summed E-state index contributed by atoms with van der Waals surface area (Å²) in [7, 11) is 0. The molecule has 0 spiro atoms. The molecular formula is C23H24O18Y6-6. The Morgan fingerprint density at radius 1 is 0.660 bits per heavy atom. The van der Waals surface area contributed by atoms with E-state index in [9.17, 15) is 33.6 Å². The first-order valence-electron chi connectivity index (χ1n) is 11.7. The molecule has 248 valence electrons. The van der Waals surface area contributed by atoms with Gasteiger partial charge in [-0.05, 0) is 13.8 Å². The van der Waals surface area contributed by atoms with Crippen LogP contribution in [0.25, 0.3) is 0 Å². The van der Waals surface area contributed by atoms with Crippen molar-refractivity contribution in [2.45, 2.75) is 81.7 Å². The van der Waals surface area contributed by atoms with Gasteiger partial charge in [0, 0.05) is 202 Å². The Kier molecular flexibility index (Phi) is 41.9. The summed E-state index contributed by atoms with van der Waals surface area (Å²) in [5, 5.41) is 9.05. The van der Waals surface area contributed by atoms with Crippen molar-refractivity contribution in [3.8, 4) is 0 Å². The molecular weight excluding hydrogens is 1100 g/mol. The van der Waals surface area contributed by atoms with Crippen LogP contribution in [0.3, 0.4) is 0 Å². The van der Waals surface area contributed by atoms with Crippen LogP contribution in [0.15, 0.2) is 0 Å². The molecule has 0 aromatic carbocycles. The Bertz CT molecular complexity index is 907. The first kappa shape index (κ1) is 59.0. The molecule has 0 aliphatic carbocycles. The molecule has 47 heavy (non-hydrogen) atoms. The van der Waals surface area contributed by atoms with Gasteiger partial charge in [-0.3, -0.25) is 6.29 Å². The molecule has 10 atom stereocenters. The maximum absolute atomic E-state index is 11.5. The fraction of sp³-hybridized carbons (Fsp3) is 0.696. The van der Waals surface area contributed by atoms with Crippen LogP contribution in [0.5, 0.6) is 0 Å². The van der Waals surface area contributed by atoms with E-state index < -0.39 is 93.1 Å². The molecule has 2 fully saturated rings. The van der Waals surface area contributed by atoms with Gasteiger partial charge < -0.3 is 81.2 Å². The van der Waals surface area contributed by atoms with E-state index in [2.05, 4.69) is 9.47 Å². The van der Waals surface area contributed by atoms with Crippen LogP contribution in [0, 0.1) is 5.92 Å². The maximum atomic E-state index is 11.5. The normalized spacial score (nSPS) is 28.7. The van der Waals surface area contributed by atoms with Crippen LogP contribution >= 0.6 is 0 Å². The summed E-state index contributed by atoms with van der Waals surface area (Å²) >= 11 is 0. The number of carbonyl (C=O) groups excluding carboxylic acids is 6. The Balaban J connectivity index is -0.000000980. The van der Waals surface area contributed by atoms with Gasteiger partial charge in [0.05, 0.1) is 18.8 Å². The number of hydrogen-bond acceptors (Lipinski definition) is 17. The van der Waals surface area contributed by atoms with E-state index >= 15 is 0 Å². The third kappa shape index (κ3) is 19.1. The third-order valence-electron chi connectivity index (χ3n) is 5.81. The van der Waals surface area contributed by atoms with E-state index in [4.69, 9.17) is 43.0 Å². The van der Waals surface area contributed by atoms with Crippen molar-refractivity contribution >= 4 is 44.8 Å². The van der Waals surface area contributed by atoms with Crippen LogP contribution in [0.4, 0.5) is 4.79 Å². The molecule has 1 N–H and O–H groups in total. The zero-order valence-corrected chi connectivity index (χ0v) is 41.9. The van der Waals surface area contributed by atoms with Crippen molar-refractivity contribution in [1.29, 1.82) is 0 Å². The van der Waals surface area contributed by atoms with Gasteiger partial charge in [0.2, 0.25) is 0 Å². The molecule has 2 saturated heterocycles. The molecule has 24 heteroatoms. The zero-order chi connectivity index (χ0) is 30.4. The number of hydrogen-bond donors (Lipinski definition) is 1. The molecule has 0 aromatic rings. The van der Waals surface area contributed by atoms with Crippen molar-refractivity contribution < 1.29 is 282 Å². The molecule has 0 saturated carbocycles. The smallest absolute Gasteiger partial charge is 0.505 e. The van der Waals surface area contributed by atoms with Gasteiger partial charge in [0.1, 0.15) is 37.1 Å². The van der Waals surface area contributed by atoms with Gasteiger partial charge in [-0.2, -0.15) is 0 Å². The fourth-order valence-corrected chi connectivity index (χ4v) is 4.33. The van der Waals surface area contributed by atoms with Crippen LogP contribution < -0.4 is 0 Å². The average Bonchev–Trinajstić information content (AvgIpc) is 2.92. The van der Waals surface area contributed by atoms with Crippen molar-refractivity contribution in [3.05, 3.63) is 0 Å². The Morgan fingerprint density at radius 2 is 1.15 bits per heavy atom. The van der Waals surface area contributed by atoms with Crippen LogP contribution in [0.1, 0.15) is 20.3 Å².